The van der Waals surface area contributed by atoms with Gasteiger partial charge in [-0.2, -0.15) is 0 Å². The highest BCUT2D eigenvalue weighted by Gasteiger charge is 2.42. The van der Waals surface area contributed by atoms with E-state index in [1.165, 1.54) is 0 Å². The van der Waals surface area contributed by atoms with Gasteiger partial charge in [-0.1, -0.05) is 38.6 Å². The van der Waals surface area contributed by atoms with Gasteiger partial charge in [-0.05, 0) is 29.7 Å². The molecule has 1 aliphatic carbocycles. The van der Waals surface area contributed by atoms with Crippen LogP contribution < -0.4 is 10.9 Å². The van der Waals surface area contributed by atoms with E-state index >= 15 is 0 Å². The molecule has 2 N–H and O–H groups in total. The number of aromatic amines is 1. The van der Waals surface area contributed by atoms with Crippen LogP contribution in [0.3, 0.4) is 0 Å². The van der Waals surface area contributed by atoms with Crippen LogP contribution >= 0.6 is 23.1 Å². The molecule has 2 aliphatic rings. The first-order valence-electron chi connectivity index (χ1n) is 9.23. The fourth-order valence-corrected chi connectivity index (χ4v) is 5.46. The summed E-state index contributed by atoms with van der Waals surface area (Å²) in [6.45, 7) is 6.32. The standard InChI is InChI=1S/C20H23N3O2S2/c1-4-7-27-19-22-17-16(18(25)23-19)15(13-6-5-8-26-13)14-11(21-17)9-20(2,3)10-12(14)24/h5-6,8,15H,4,7,9-10H2,1-3H3,(H2,21,22,23,25)/t15-/m0/s1. The molecule has 4 rings (SSSR count). The van der Waals surface area contributed by atoms with Crippen LogP contribution in [-0.2, 0) is 4.79 Å². The Labute approximate surface area is 166 Å². The summed E-state index contributed by atoms with van der Waals surface area (Å²) in [7, 11) is 0. The normalized spacial score (nSPS) is 20.9. The molecule has 0 aromatic carbocycles. The van der Waals surface area contributed by atoms with E-state index in [4.69, 9.17) is 4.98 Å². The minimum atomic E-state index is -0.332. The van der Waals surface area contributed by atoms with Gasteiger partial charge in [-0.25, -0.2) is 4.98 Å². The zero-order chi connectivity index (χ0) is 19.2. The average molecular weight is 402 g/mol. The first kappa shape index (κ1) is 18.5. The van der Waals surface area contributed by atoms with Gasteiger partial charge in [0.1, 0.15) is 5.82 Å². The van der Waals surface area contributed by atoms with Crippen LogP contribution in [0.5, 0.6) is 0 Å². The van der Waals surface area contributed by atoms with Crippen LogP contribution in [0.15, 0.2) is 38.7 Å². The molecule has 5 nitrogen and oxygen atoms in total. The van der Waals surface area contributed by atoms with Gasteiger partial charge in [0.25, 0.3) is 5.56 Å². The first-order valence-corrected chi connectivity index (χ1v) is 11.1. The first-order chi connectivity index (χ1) is 12.9. The Bertz CT molecular complexity index is 974. The number of hydrogen-bond donors (Lipinski definition) is 2. The third kappa shape index (κ3) is 3.38. The van der Waals surface area contributed by atoms with Crippen molar-refractivity contribution in [1.29, 1.82) is 0 Å². The molecule has 27 heavy (non-hydrogen) atoms. The highest BCUT2D eigenvalue weighted by atomic mass is 32.2. The molecule has 1 aliphatic heterocycles. The second-order valence-corrected chi connectivity index (χ2v) is 9.95. The lowest BCUT2D eigenvalue weighted by Gasteiger charge is -2.38. The number of H-pyrrole nitrogens is 1. The molecular formula is C20H23N3O2S2. The molecule has 7 heteroatoms. The zero-order valence-electron chi connectivity index (χ0n) is 15.7. The molecule has 2 aromatic heterocycles. The molecule has 3 heterocycles. The van der Waals surface area contributed by atoms with E-state index in [1.807, 2.05) is 17.5 Å². The van der Waals surface area contributed by atoms with E-state index in [-0.39, 0.29) is 22.7 Å². The molecule has 0 amide bonds. The number of Topliss-reactive ketones (excluding diaryl/α,β-unsaturated/α-hetero) is 1. The van der Waals surface area contributed by atoms with Crippen molar-refractivity contribution in [3.8, 4) is 0 Å². The van der Waals surface area contributed by atoms with Crippen molar-refractivity contribution >= 4 is 34.7 Å². The van der Waals surface area contributed by atoms with Gasteiger partial charge >= 0.3 is 0 Å². The predicted octanol–water partition coefficient (Wildman–Crippen LogP) is 4.53. The van der Waals surface area contributed by atoms with Crippen molar-refractivity contribution in [3.63, 3.8) is 0 Å². The van der Waals surface area contributed by atoms with Crippen molar-refractivity contribution in [1.82, 2.24) is 9.97 Å². The van der Waals surface area contributed by atoms with Gasteiger partial charge in [0, 0.05) is 28.3 Å². The van der Waals surface area contributed by atoms with Gasteiger partial charge < -0.3 is 10.3 Å². The molecule has 2 aromatic rings. The lowest BCUT2D eigenvalue weighted by atomic mass is 9.70. The maximum absolute atomic E-state index is 13.0. The number of thioether (sulfide) groups is 1. The smallest absolute Gasteiger partial charge is 0.257 e. The van der Waals surface area contributed by atoms with Crippen LogP contribution in [0.25, 0.3) is 0 Å². The van der Waals surface area contributed by atoms with Crippen LogP contribution in [0, 0.1) is 5.41 Å². The lowest BCUT2D eigenvalue weighted by molar-refractivity contribution is -0.118. The number of thiophene rings is 1. The number of fused-ring (bicyclic) bond motifs is 1. The summed E-state index contributed by atoms with van der Waals surface area (Å²) in [4.78, 5) is 34.7. The number of ketones is 1. The van der Waals surface area contributed by atoms with E-state index < -0.39 is 0 Å². The van der Waals surface area contributed by atoms with E-state index in [2.05, 4.69) is 31.1 Å². The van der Waals surface area contributed by atoms with Crippen LogP contribution in [-0.4, -0.2) is 21.5 Å². The molecule has 0 spiro atoms. The van der Waals surface area contributed by atoms with Gasteiger partial charge in [0.05, 0.1) is 11.5 Å². The third-order valence-corrected chi connectivity index (χ3v) is 6.99. The van der Waals surface area contributed by atoms with Crippen LogP contribution in [0.2, 0.25) is 0 Å². The molecule has 0 radical (unpaired) electrons. The monoisotopic (exact) mass is 401 g/mol. The molecule has 142 valence electrons. The van der Waals surface area contributed by atoms with Gasteiger partial charge in [0.15, 0.2) is 10.9 Å². The number of nitrogens with zero attached hydrogens (tertiary/aromatic N) is 1. The molecule has 0 saturated heterocycles. The fourth-order valence-electron chi connectivity index (χ4n) is 3.90. The van der Waals surface area contributed by atoms with E-state index in [1.54, 1.807) is 23.1 Å². The maximum atomic E-state index is 13.0. The number of hydrogen-bond acceptors (Lipinski definition) is 6. The maximum Gasteiger partial charge on any atom is 0.257 e. The molecular weight excluding hydrogens is 378 g/mol. The Morgan fingerprint density at radius 2 is 2.15 bits per heavy atom. The van der Waals surface area contributed by atoms with Crippen molar-refractivity contribution in [3.05, 3.63) is 49.6 Å². The highest BCUT2D eigenvalue weighted by Crippen LogP contribution is 2.48. The Kier molecular flexibility index (Phi) is 4.76. The number of rotatable bonds is 4. The number of carbonyl (C=O) groups excluding carboxylic acids is 1. The third-order valence-electron chi connectivity index (χ3n) is 4.97. The SMILES string of the molecule is CCCSc1nc2c(c(=O)[nH]1)[C@@H](c1cccs1)C1=C(CC(C)(C)CC1=O)N2. The Balaban J connectivity index is 1.89. The Hall–Kier alpha value is -1.86. The largest absolute Gasteiger partial charge is 0.343 e. The molecule has 1 atom stereocenters. The number of allylic oxidation sites excluding steroid dienone is 2. The van der Waals surface area contributed by atoms with E-state index in [0.29, 0.717) is 23.0 Å². The highest BCUT2D eigenvalue weighted by molar-refractivity contribution is 7.99. The van der Waals surface area contributed by atoms with Crippen LogP contribution in [0.4, 0.5) is 5.82 Å². The summed E-state index contributed by atoms with van der Waals surface area (Å²) in [6.07, 6.45) is 2.29. The van der Waals surface area contributed by atoms with Crippen molar-refractivity contribution in [2.24, 2.45) is 5.41 Å². The Morgan fingerprint density at radius 3 is 2.85 bits per heavy atom. The van der Waals surface area contributed by atoms with Crippen molar-refractivity contribution in [2.45, 2.75) is 51.1 Å². The molecule has 0 bridgehead atoms. The van der Waals surface area contributed by atoms with Gasteiger partial charge in [-0.15, -0.1) is 11.3 Å². The number of carbonyl (C=O) groups is 1. The van der Waals surface area contributed by atoms with Gasteiger partial charge in [-0.3, -0.25) is 9.59 Å². The topological polar surface area (TPSA) is 74.8 Å². The van der Waals surface area contributed by atoms with E-state index in [9.17, 15) is 9.59 Å². The van der Waals surface area contributed by atoms with Crippen molar-refractivity contribution < 1.29 is 4.79 Å². The summed E-state index contributed by atoms with van der Waals surface area (Å²) >= 11 is 3.13. The minimum absolute atomic E-state index is 0.0958. The average Bonchev–Trinajstić information content (AvgIpc) is 3.11. The molecule has 0 unspecified atom stereocenters. The second kappa shape index (κ2) is 6.95. The number of aromatic nitrogens is 2. The Morgan fingerprint density at radius 1 is 1.33 bits per heavy atom. The second-order valence-electron chi connectivity index (χ2n) is 7.89. The van der Waals surface area contributed by atoms with Crippen LogP contribution in [0.1, 0.15) is 56.4 Å². The van der Waals surface area contributed by atoms with Gasteiger partial charge in [0.2, 0.25) is 0 Å². The quantitative estimate of drug-likeness (QED) is 0.581. The summed E-state index contributed by atoms with van der Waals surface area (Å²) in [5.41, 5.74) is 1.97. The number of nitrogens with one attached hydrogen (secondary N) is 2. The zero-order valence-corrected chi connectivity index (χ0v) is 17.4. The summed E-state index contributed by atoms with van der Waals surface area (Å²) in [5, 5.41) is 5.97. The molecule has 0 saturated carbocycles. The summed E-state index contributed by atoms with van der Waals surface area (Å²) in [6, 6.07) is 3.97. The summed E-state index contributed by atoms with van der Waals surface area (Å²) in [5.74, 6) is 1.29. The lowest BCUT2D eigenvalue weighted by Crippen LogP contribution is -2.36. The fraction of sp³-hybridized carbons (Fsp3) is 0.450. The minimum Gasteiger partial charge on any atom is -0.343 e. The van der Waals surface area contributed by atoms with Crippen molar-refractivity contribution in [2.75, 3.05) is 11.1 Å². The van der Waals surface area contributed by atoms with E-state index in [0.717, 1.165) is 34.7 Å². The summed E-state index contributed by atoms with van der Waals surface area (Å²) < 4.78 is 0. The molecule has 0 fully saturated rings. The number of anilines is 1. The predicted molar refractivity (Wildman–Crippen MR) is 111 cm³/mol.